The van der Waals surface area contributed by atoms with Gasteiger partial charge in [-0.15, -0.1) is 11.3 Å². The van der Waals surface area contributed by atoms with Gasteiger partial charge in [0.15, 0.2) is 5.78 Å². The number of nitrogens with one attached hydrogen (secondary N) is 1. The summed E-state index contributed by atoms with van der Waals surface area (Å²) in [6.45, 7) is 1.71. The standard InChI is InChI=1S/C23H20F3NO3S/c1-12-19(22(29)30-2)20(13-5-7-15(8-6-13)23(24,25)26)21-16(27-12)10-14(11-17(21)28)18-4-3-9-31-18/h3-9,14,20,27H,10-11H2,1-2H3/t14-,20-/m1/s1. The minimum absolute atomic E-state index is 0.0273. The van der Waals surface area contributed by atoms with Crippen LogP contribution in [0.1, 0.15) is 47.6 Å². The fraction of sp³-hybridized carbons (Fsp3) is 0.304. The number of alkyl halides is 3. The van der Waals surface area contributed by atoms with Crippen LogP contribution < -0.4 is 5.32 Å². The second-order valence-corrected chi connectivity index (χ2v) is 8.62. The van der Waals surface area contributed by atoms with Gasteiger partial charge < -0.3 is 10.1 Å². The molecule has 31 heavy (non-hydrogen) atoms. The van der Waals surface area contributed by atoms with E-state index in [1.165, 1.54) is 19.2 Å². The summed E-state index contributed by atoms with van der Waals surface area (Å²) in [7, 11) is 1.24. The van der Waals surface area contributed by atoms with Crippen LogP contribution in [-0.2, 0) is 20.5 Å². The molecule has 0 bridgehead atoms. The molecule has 0 saturated heterocycles. The van der Waals surface area contributed by atoms with Gasteiger partial charge >= 0.3 is 12.1 Å². The lowest BCUT2D eigenvalue weighted by molar-refractivity contribution is -0.138. The Morgan fingerprint density at radius 2 is 1.87 bits per heavy atom. The van der Waals surface area contributed by atoms with Crippen molar-refractivity contribution in [2.75, 3.05) is 7.11 Å². The molecular formula is C23H20F3NO3S. The van der Waals surface area contributed by atoms with E-state index in [1.807, 2.05) is 17.5 Å². The summed E-state index contributed by atoms with van der Waals surface area (Å²) < 4.78 is 44.0. The maximum atomic E-state index is 13.3. The number of dihydropyridines is 1. The van der Waals surface area contributed by atoms with E-state index >= 15 is 0 Å². The fourth-order valence-electron chi connectivity index (χ4n) is 4.34. The van der Waals surface area contributed by atoms with Crippen molar-refractivity contribution in [3.63, 3.8) is 0 Å². The highest BCUT2D eigenvalue weighted by Gasteiger charge is 2.41. The van der Waals surface area contributed by atoms with Crippen LogP contribution in [0.5, 0.6) is 0 Å². The molecule has 1 aliphatic heterocycles. The number of hydrogen-bond acceptors (Lipinski definition) is 5. The number of carbonyl (C=O) groups excluding carboxylic acids is 2. The van der Waals surface area contributed by atoms with Crippen molar-refractivity contribution in [3.8, 4) is 0 Å². The summed E-state index contributed by atoms with van der Waals surface area (Å²) in [4.78, 5) is 27.0. The summed E-state index contributed by atoms with van der Waals surface area (Å²) in [6.07, 6.45) is -3.60. The van der Waals surface area contributed by atoms with Gasteiger partial charge in [0.05, 0.1) is 18.2 Å². The Hall–Kier alpha value is -2.87. The van der Waals surface area contributed by atoms with Crippen LogP contribution >= 0.6 is 11.3 Å². The third-order valence-electron chi connectivity index (χ3n) is 5.75. The van der Waals surface area contributed by atoms with Crippen molar-refractivity contribution in [1.82, 2.24) is 5.32 Å². The summed E-state index contributed by atoms with van der Waals surface area (Å²) in [6, 6.07) is 8.55. The van der Waals surface area contributed by atoms with Crippen molar-refractivity contribution in [3.05, 3.63) is 80.3 Å². The second kappa shape index (κ2) is 8.00. The molecule has 2 atom stereocenters. The van der Waals surface area contributed by atoms with Crippen molar-refractivity contribution >= 4 is 23.1 Å². The first-order valence-electron chi connectivity index (χ1n) is 9.73. The lowest BCUT2D eigenvalue weighted by Crippen LogP contribution is -2.35. The maximum Gasteiger partial charge on any atom is 0.416 e. The van der Waals surface area contributed by atoms with Crippen molar-refractivity contribution in [2.45, 2.75) is 37.8 Å². The van der Waals surface area contributed by atoms with Gasteiger partial charge in [0, 0.05) is 40.1 Å². The van der Waals surface area contributed by atoms with Crippen LogP contribution in [0, 0.1) is 0 Å². The van der Waals surface area contributed by atoms with Crippen LogP contribution in [-0.4, -0.2) is 18.9 Å². The molecule has 0 amide bonds. The van der Waals surface area contributed by atoms with Gasteiger partial charge in [-0.1, -0.05) is 18.2 Å². The molecule has 8 heteroatoms. The van der Waals surface area contributed by atoms with Gasteiger partial charge in [0.25, 0.3) is 0 Å². The number of carbonyl (C=O) groups is 2. The number of thiophene rings is 1. The number of ether oxygens (including phenoxy) is 1. The normalized spacial score (nSPS) is 21.6. The van der Waals surface area contributed by atoms with E-state index in [4.69, 9.17) is 4.74 Å². The zero-order chi connectivity index (χ0) is 22.3. The summed E-state index contributed by atoms with van der Waals surface area (Å²) in [5, 5.41) is 5.17. The third-order valence-corrected chi connectivity index (χ3v) is 6.78. The molecular weight excluding hydrogens is 427 g/mol. The fourth-order valence-corrected chi connectivity index (χ4v) is 5.17. The van der Waals surface area contributed by atoms with Crippen LogP contribution in [0.25, 0.3) is 0 Å². The molecule has 2 aliphatic rings. The molecule has 4 nitrogen and oxygen atoms in total. The number of Topliss-reactive ketones (excluding diaryl/α,β-unsaturated/α-hetero) is 1. The minimum Gasteiger partial charge on any atom is -0.466 e. The van der Waals surface area contributed by atoms with Gasteiger partial charge in [-0.05, 0) is 42.5 Å². The monoisotopic (exact) mass is 447 g/mol. The zero-order valence-corrected chi connectivity index (χ0v) is 17.7. The van der Waals surface area contributed by atoms with Crippen LogP contribution in [0.3, 0.4) is 0 Å². The first-order valence-corrected chi connectivity index (χ1v) is 10.6. The molecule has 1 aromatic heterocycles. The molecule has 1 aromatic carbocycles. The quantitative estimate of drug-likeness (QED) is 0.649. The largest absolute Gasteiger partial charge is 0.466 e. The molecule has 4 rings (SSSR count). The van der Waals surface area contributed by atoms with E-state index in [1.54, 1.807) is 18.3 Å². The molecule has 2 aromatic rings. The number of esters is 1. The van der Waals surface area contributed by atoms with E-state index in [0.29, 0.717) is 29.0 Å². The van der Waals surface area contributed by atoms with Crippen LogP contribution in [0.2, 0.25) is 0 Å². The smallest absolute Gasteiger partial charge is 0.416 e. The number of halogens is 3. The molecule has 0 radical (unpaired) electrons. The zero-order valence-electron chi connectivity index (χ0n) is 16.9. The number of benzene rings is 1. The molecule has 1 aliphatic carbocycles. The van der Waals surface area contributed by atoms with Gasteiger partial charge in [-0.2, -0.15) is 13.2 Å². The molecule has 0 spiro atoms. The third kappa shape index (κ3) is 3.92. The molecule has 0 fully saturated rings. The summed E-state index contributed by atoms with van der Waals surface area (Å²) in [5.74, 6) is -1.48. The molecule has 162 valence electrons. The Bertz CT molecular complexity index is 1080. The predicted octanol–water partition coefficient (Wildman–Crippen LogP) is 5.30. The lowest BCUT2D eigenvalue weighted by atomic mass is 9.72. The van der Waals surface area contributed by atoms with Crippen molar-refractivity contribution in [2.24, 2.45) is 0 Å². The van der Waals surface area contributed by atoms with Crippen molar-refractivity contribution < 1.29 is 27.5 Å². The molecule has 0 saturated carbocycles. The van der Waals surface area contributed by atoms with Gasteiger partial charge in [0.2, 0.25) is 0 Å². The number of allylic oxidation sites excluding steroid dienone is 3. The highest BCUT2D eigenvalue weighted by atomic mass is 32.1. The lowest BCUT2D eigenvalue weighted by Gasteiger charge is -2.36. The van der Waals surface area contributed by atoms with E-state index in [2.05, 4.69) is 5.32 Å². The first-order chi connectivity index (χ1) is 14.7. The highest BCUT2D eigenvalue weighted by molar-refractivity contribution is 7.10. The summed E-state index contributed by atoms with van der Waals surface area (Å²) in [5.41, 5.74) is 1.58. The Kier molecular flexibility index (Phi) is 5.51. The Labute approximate surface area is 181 Å². The Morgan fingerprint density at radius 1 is 1.16 bits per heavy atom. The van der Waals surface area contributed by atoms with Gasteiger partial charge in [0.1, 0.15) is 0 Å². The van der Waals surface area contributed by atoms with Crippen LogP contribution in [0.15, 0.2) is 64.3 Å². The number of methoxy groups -OCH3 is 1. The Morgan fingerprint density at radius 3 is 2.45 bits per heavy atom. The number of rotatable bonds is 3. The van der Waals surface area contributed by atoms with E-state index in [-0.39, 0.29) is 23.7 Å². The van der Waals surface area contributed by atoms with Crippen LogP contribution in [0.4, 0.5) is 13.2 Å². The first kappa shape index (κ1) is 21.4. The topological polar surface area (TPSA) is 55.4 Å². The van der Waals surface area contributed by atoms with Crippen molar-refractivity contribution in [1.29, 1.82) is 0 Å². The average molecular weight is 447 g/mol. The minimum atomic E-state index is -4.47. The maximum absolute atomic E-state index is 13.3. The molecule has 1 N–H and O–H groups in total. The second-order valence-electron chi connectivity index (χ2n) is 7.64. The van der Waals surface area contributed by atoms with E-state index in [9.17, 15) is 22.8 Å². The average Bonchev–Trinajstić information content (AvgIpc) is 3.26. The molecule has 0 unspecified atom stereocenters. The SMILES string of the molecule is COC(=O)C1=C(C)NC2=C(C(=O)C[C@H](c3cccs3)C2)[C@@H]1c1ccc(C(F)(F)F)cc1. The molecule has 2 heterocycles. The van der Waals surface area contributed by atoms with E-state index < -0.39 is 23.6 Å². The number of ketones is 1. The summed E-state index contributed by atoms with van der Waals surface area (Å²) >= 11 is 1.59. The van der Waals surface area contributed by atoms with Gasteiger partial charge in [-0.25, -0.2) is 4.79 Å². The van der Waals surface area contributed by atoms with E-state index in [0.717, 1.165) is 17.0 Å². The highest BCUT2D eigenvalue weighted by Crippen LogP contribution is 2.46. The predicted molar refractivity (Wildman–Crippen MR) is 110 cm³/mol. The Balaban J connectivity index is 1.80. The number of hydrogen-bond donors (Lipinski definition) is 1. The van der Waals surface area contributed by atoms with Gasteiger partial charge in [-0.3, -0.25) is 4.79 Å².